The third kappa shape index (κ3) is 5.35. The summed E-state index contributed by atoms with van der Waals surface area (Å²) in [6.45, 7) is 4.15. The van der Waals surface area contributed by atoms with Crippen LogP contribution in [0.5, 0.6) is 5.75 Å². The smallest absolute Gasteiger partial charge is 0.277 e. The van der Waals surface area contributed by atoms with E-state index in [1.165, 1.54) is 27.7 Å². The first-order valence-corrected chi connectivity index (χ1v) is 10.8. The zero-order chi connectivity index (χ0) is 23.5. The van der Waals surface area contributed by atoms with Gasteiger partial charge < -0.3 is 10.1 Å². The molecule has 0 fully saturated rings. The SMILES string of the molecule is Cc1ccc(C)c(OCn2ccc(C(=O)Nc3nn(Cc4c(F)cccc4Cl)cc3Cl)n2)c1. The fraction of sp³-hybridized carbons (Fsp3) is 0.174. The van der Waals surface area contributed by atoms with Crippen molar-refractivity contribution in [3.8, 4) is 5.75 Å². The molecule has 0 aliphatic rings. The number of ether oxygens (including phenoxy) is 1. The van der Waals surface area contributed by atoms with E-state index >= 15 is 0 Å². The summed E-state index contributed by atoms with van der Waals surface area (Å²) in [4.78, 5) is 12.6. The highest BCUT2D eigenvalue weighted by Gasteiger charge is 2.16. The molecule has 1 amide bonds. The number of anilines is 1. The molecule has 0 aliphatic carbocycles. The van der Waals surface area contributed by atoms with E-state index in [-0.39, 0.29) is 40.4 Å². The van der Waals surface area contributed by atoms with Gasteiger partial charge in [0.25, 0.3) is 5.91 Å². The van der Waals surface area contributed by atoms with Crippen molar-refractivity contribution in [3.63, 3.8) is 0 Å². The number of benzene rings is 2. The Labute approximate surface area is 199 Å². The minimum Gasteiger partial charge on any atom is -0.471 e. The first-order valence-electron chi connectivity index (χ1n) is 10.0. The van der Waals surface area contributed by atoms with Crippen LogP contribution < -0.4 is 10.1 Å². The number of aryl methyl sites for hydroxylation is 2. The van der Waals surface area contributed by atoms with Crippen molar-refractivity contribution in [1.82, 2.24) is 19.6 Å². The van der Waals surface area contributed by atoms with Gasteiger partial charge in [0.15, 0.2) is 18.2 Å². The van der Waals surface area contributed by atoms with Crippen LogP contribution >= 0.6 is 23.2 Å². The summed E-state index contributed by atoms with van der Waals surface area (Å²) in [6, 6.07) is 11.9. The van der Waals surface area contributed by atoms with Crippen molar-refractivity contribution in [2.75, 3.05) is 5.32 Å². The maximum Gasteiger partial charge on any atom is 0.277 e. The van der Waals surface area contributed by atoms with Gasteiger partial charge in [-0.3, -0.25) is 9.48 Å². The fourth-order valence-corrected chi connectivity index (χ4v) is 3.55. The standard InChI is InChI=1S/C23H20Cl2FN5O2/c1-14-6-7-15(2)21(10-14)33-13-30-9-8-20(28-30)23(32)27-22-18(25)12-31(29-22)11-16-17(24)4-3-5-19(16)26/h3-10,12H,11,13H2,1-2H3,(H,27,29,32). The number of nitrogens with one attached hydrogen (secondary N) is 1. The quantitative estimate of drug-likeness (QED) is 0.374. The number of hydrogen-bond acceptors (Lipinski definition) is 4. The van der Waals surface area contributed by atoms with Gasteiger partial charge in [-0.2, -0.15) is 10.2 Å². The van der Waals surface area contributed by atoms with Crippen molar-refractivity contribution < 1.29 is 13.9 Å². The molecular weight excluding hydrogens is 468 g/mol. The van der Waals surface area contributed by atoms with Crippen LogP contribution in [0.15, 0.2) is 54.9 Å². The predicted octanol–water partition coefficient (Wildman–Crippen LogP) is 5.48. The molecule has 0 saturated heterocycles. The molecule has 2 aromatic carbocycles. The van der Waals surface area contributed by atoms with Gasteiger partial charge >= 0.3 is 0 Å². The normalized spacial score (nSPS) is 10.9. The number of aromatic nitrogens is 4. The molecule has 0 unspecified atom stereocenters. The van der Waals surface area contributed by atoms with Gasteiger partial charge in [-0.05, 0) is 49.2 Å². The summed E-state index contributed by atoms with van der Waals surface area (Å²) in [6.07, 6.45) is 3.12. The summed E-state index contributed by atoms with van der Waals surface area (Å²) < 4.78 is 22.8. The van der Waals surface area contributed by atoms with Crippen LogP contribution in [0.25, 0.3) is 0 Å². The highest BCUT2D eigenvalue weighted by molar-refractivity contribution is 6.33. The lowest BCUT2D eigenvalue weighted by Crippen LogP contribution is -2.15. The molecule has 7 nitrogen and oxygen atoms in total. The average Bonchev–Trinajstić information content (AvgIpc) is 3.38. The summed E-state index contributed by atoms with van der Waals surface area (Å²) in [5, 5.41) is 11.6. The lowest BCUT2D eigenvalue weighted by Gasteiger charge is -2.09. The molecule has 4 aromatic rings. The van der Waals surface area contributed by atoms with Crippen molar-refractivity contribution in [2.24, 2.45) is 0 Å². The first-order chi connectivity index (χ1) is 15.8. The molecular formula is C23H20Cl2FN5O2. The molecule has 0 spiro atoms. The molecule has 1 N–H and O–H groups in total. The highest BCUT2D eigenvalue weighted by atomic mass is 35.5. The summed E-state index contributed by atoms with van der Waals surface area (Å²) in [5.41, 5.74) is 2.54. The van der Waals surface area contributed by atoms with Gasteiger partial charge in [-0.1, -0.05) is 41.4 Å². The van der Waals surface area contributed by atoms with Crippen LogP contribution in [0.1, 0.15) is 27.2 Å². The molecule has 0 saturated carbocycles. The minimum absolute atomic E-state index is 0.0610. The summed E-state index contributed by atoms with van der Waals surface area (Å²) >= 11 is 12.3. The van der Waals surface area contributed by atoms with Crippen LogP contribution in [0, 0.1) is 19.7 Å². The van der Waals surface area contributed by atoms with Crippen LogP contribution in [0.4, 0.5) is 10.2 Å². The van der Waals surface area contributed by atoms with E-state index < -0.39 is 11.7 Å². The molecule has 0 aliphatic heterocycles. The molecule has 4 rings (SSSR count). The fourth-order valence-electron chi connectivity index (χ4n) is 3.13. The Balaban J connectivity index is 1.41. The number of halogens is 3. The Bertz CT molecular complexity index is 1300. The van der Waals surface area contributed by atoms with Gasteiger partial charge in [0, 0.05) is 23.0 Å². The molecule has 10 heteroatoms. The van der Waals surface area contributed by atoms with E-state index in [2.05, 4.69) is 15.5 Å². The Kier molecular flexibility index (Phi) is 6.67. The highest BCUT2D eigenvalue weighted by Crippen LogP contribution is 2.24. The number of hydrogen-bond donors (Lipinski definition) is 1. The number of carbonyl (C=O) groups excluding carboxylic acids is 1. The van der Waals surface area contributed by atoms with Crippen molar-refractivity contribution >= 4 is 34.9 Å². The molecule has 0 atom stereocenters. The first kappa shape index (κ1) is 22.8. The number of amides is 1. The van der Waals surface area contributed by atoms with Crippen molar-refractivity contribution in [1.29, 1.82) is 0 Å². The van der Waals surface area contributed by atoms with Crippen LogP contribution in [-0.2, 0) is 13.3 Å². The summed E-state index contributed by atoms with van der Waals surface area (Å²) in [5.74, 6) is -0.0519. The van der Waals surface area contributed by atoms with E-state index in [0.29, 0.717) is 0 Å². The lowest BCUT2D eigenvalue weighted by atomic mass is 10.1. The van der Waals surface area contributed by atoms with Crippen molar-refractivity contribution in [3.05, 3.63) is 93.1 Å². The maximum atomic E-state index is 14.0. The Morgan fingerprint density at radius 3 is 2.70 bits per heavy atom. The molecule has 170 valence electrons. The lowest BCUT2D eigenvalue weighted by molar-refractivity contribution is 0.101. The Morgan fingerprint density at radius 1 is 1.09 bits per heavy atom. The van der Waals surface area contributed by atoms with E-state index in [1.807, 2.05) is 32.0 Å². The molecule has 2 aromatic heterocycles. The van der Waals surface area contributed by atoms with E-state index in [0.717, 1.165) is 16.9 Å². The largest absolute Gasteiger partial charge is 0.471 e. The number of carbonyl (C=O) groups is 1. The van der Waals surface area contributed by atoms with Gasteiger partial charge in [-0.15, -0.1) is 0 Å². The third-order valence-corrected chi connectivity index (χ3v) is 5.53. The number of nitrogens with zero attached hydrogens (tertiary/aromatic N) is 4. The topological polar surface area (TPSA) is 74.0 Å². The second-order valence-electron chi connectivity index (χ2n) is 7.46. The van der Waals surface area contributed by atoms with Crippen LogP contribution in [0.2, 0.25) is 10.0 Å². The van der Waals surface area contributed by atoms with Crippen molar-refractivity contribution in [2.45, 2.75) is 27.1 Å². The van der Waals surface area contributed by atoms with E-state index in [9.17, 15) is 9.18 Å². The molecule has 0 bridgehead atoms. The van der Waals surface area contributed by atoms with Gasteiger partial charge in [0.05, 0.1) is 6.54 Å². The zero-order valence-corrected chi connectivity index (χ0v) is 19.4. The monoisotopic (exact) mass is 487 g/mol. The average molecular weight is 488 g/mol. The minimum atomic E-state index is -0.489. The Morgan fingerprint density at radius 2 is 1.91 bits per heavy atom. The maximum absolute atomic E-state index is 14.0. The molecule has 33 heavy (non-hydrogen) atoms. The van der Waals surface area contributed by atoms with Gasteiger partial charge in [0.2, 0.25) is 0 Å². The van der Waals surface area contributed by atoms with E-state index in [1.54, 1.807) is 18.3 Å². The second-order valence-corrected chi connectivity index (χ2v) is 8.27. The predicted molar refractivity (Wildman–Crippen MR) is 124 cm³/mol. The molecule has 0 radical (unpaired) electrons. The van der Waals surface area contributed by atoms with Gasteiger partial charge in [-0.25, -0.2) is 9.07 Å². The van der Waals surface area contributed by atoms with Crippen LogP contribution in [-0.4, -0.2) is 25.5 Å². The number of rotatable bonds is 7. The third-order valence-electron chi connectivity index (χ3n) is 4.90. The van der Waals surface area contributed by atoms with Gasteiger partial charge in [0.1, 0.15) is 16.6 Å². The van der Waals surface area contributed by atoms with Crippen LogP contribution in [0.3, 0.4) is 0 Å². The second kappa shape index (κ2) is 9.64. The zero-order valence-electron chi connectivity index (χ0n) is 17.8. The van der Waals surface area contributed by atoms with E-state index in [4.69, 9.17) is 27.9 Å². The Hall–Kier alpha value is -3.36. The summed E-state index contributed by atoms with van der Waals surface area (Å²) in [7, 11) is 0. The molecule has 2 heterocycles.